The molecule has 4 N–H and O–H groups in total. The molecule has 0 aromatic carbocycles. The minimum atomic E-state index is 0.201. The van der Waals surface area contributed by atoms with Gasteiger partial charge in [0.1, 0.15) is 0 Å². The highest BCUT2D eigenvalue weighted by atomic mass is 32.2. The van der Waals surface area contributed by atoms with E-state index in [1.807, 2.05) is 0 Å². The number of nitrogens with one attached hydrogen (secondary N) is 1. The second-order valence-electron chi connectivity index (χ2n) is 1.93. The van der Waals surface area contributed by atoms with Crippen LogP contribution in [0.4, 0.5) is 5.95 Å². The van der Waals surface area contributed by atoms with Crippen LogP contribution in [0.5, 0.6) is 0 Å². The van der Waals surface area contributed by atoms with Gasteiger partial charge in [-0.3, -0.25) is 0 Å². The number of thioether (sulfide) groups is 1. The molecule has 0 unspecified atom stereocenters. The number of aromatic amines is 1. The Hall–Kier alpha value is -0.750. The summed E-state index contributed by atoms with van der Waals surface area (Å²) in [5.74, 6) is 1.14. The highest BCUT2D eigenvalue weighted by Crippen LogP contribution is 2.12. The molecule has 0 aliphatic rings. The summed E-state index contributed by atoms with van der Waals surface area (Å²) >= 11 is 1.47. The fraction of sp³-hybridized carbons (Fsp3) is 0.600. The fourth-order valence-electron chi connectivity index (χ4n) is 0.551. The largest absolute Gasteiger partial charge is 0.396 e. The van der Waals surface area contributed by atoms with Crippen LogP contribution in [-0.4, -0.2) is 32.6 Å². The predicted molar refractivity (Wildman–Crippen MR) is 43.2 cm³/mol. The van der Waals surface area contributed by atoms with Gasteiger partial charge in [0, 0.05) is 12.4 Å². The zero-order valence-corrected chi connectivity index (χ0v) is 6.77. The Morgan fingerprint density at radius 3 is 3.00 bits per heavy atom. The van der Waals surface area contributed by atoms with Crippen LogP contribution in [0.1, 0.15) is 6.42 Å². The lowest BCUT2D eigenvalue weighted by Gasteiger charge is -1.91. The molecule has 0 bridgehead atoms. The van der Waals surface area contributed by atoms with Crippen molar-refractivity contribution in [1.82, 2.24) is 15.2 Å². The van der Waals surface area contributed by atoms with E-state index < -0.39 is 0 Å². The van der Waals surface area contributed by atoms with Crippen LogP contribution < -0.4 is 5.73 Å². The lowest BCUT2D eigenvalue weighted by molar-refractivity contribution is 0.296. The fourth-order valence-corrected chi connectivity index (χ4v) is 1.28. The van der Waals surface area contributed by atoms with E-state index in [2.05, 4.69) is 15.2 Å². The highest BCUT2D eigenvalue weighted by molar-refractivity contribution is 7.99. The molecule has 11 heavy (non-hydrogen) atoms. The second kappa shape index (κ2) is 4.20. The Labute approximate surface area is 68.4 Å². The van der Waals surface area contributed by atoms with E-state index in [1.165, 1.54) is 11.8 Å². The number of rotatable bonds is 4. The van der Waals surface area contributed by atoms with Crippen LogP contribution in [0.3, 0.4) is 0 Å². The zero-order valence-electron chi connectivity index (χ0n) is 5.95. The van der Waals surface area contributed by atoms with E-state index in [0.29, 0.717) is 11.1 Å². The van der Waals surface area contributed by atoms with Gasteiger partial charge >= 0.3 is 0 Å². The Bertz CT molecular complexity index is 214. The number of hydrogen-bond acceptors (Lipinski definition) is 5. The summed E-state index contributed by atoms with van der Waals surface area (Å²) in [5, 5.41) is 15.4. The molecule has 6 heteroatoms. The third-order valence-corrected chi connectivity index (χ3v) is 1.95. The Balaban J connectivity index is 2.27. The van der Waals surface area contributed by atoms with Crippen molar-refractivity contribution in [2.45, 2.75) is 11.6 Å². The molecule has 62 valence electrons. The maximum absolute atomic E-state index is 8.46. The maximum atomic E-state index is 8.46. The zero-order chi connectivity index (χ0) is 8.10. The van der Waals surface area contributed by atoms with Crippen molar-refractivity contribution in [2.24, 2.45) is 0 Å². The third kappa shape index (κ3) is 2.77. The van der Waals surface area contributed by atoms with Gasteiger partial charge in [0.25, 0.3) is 0 Å². The lowest BCUT2D eigenvalue weighted by Crippen LogP contribution is -1.87. The van der Waals surface area contributed by atoms with E-state index in [4.69, 9.17) is 10.8 Å². The monoisotopic (exact) mass is 174 g/mol. The van der Waals surface area contributed by atoms with Crippen molar-refractivity contribution in [3.63, 3.8) is 0 Å². The number of H-pyrrole nitrogens is 1. The van der Waals surface area contributed by atoms with Crippen molar-refractivity contribution in [3.8, 4) is 0 Å². The number of nitrogens with zero attached hydrogens (tertiary/aromatic N) is 2. The number of hydrogen-bond donors (Lipinski definition) is 3. The van der Waals surface area contributed by atoms with E-state index in [-0.39, 0.29) is 6.61 Å². The second-order valence-corrected chi connectivity index (χ2v) is 2.99. The summed E-state index contributed by atoms with van der Waals surface area (Å²) in [4.78, 5) is 3.87. The molecule has 1 aromatic rings. The minimum Gasteiger partial charge on any atom is -0.396 e. The Morgan fingerprint density at radius 1 is 1.64 bits per heavy atom. The number of anilines is 1. The quantitative estimate of drug-likeness (QED) is 0.437. The highest BCUT2D eigenvalue weighted by Gasteiger charge is 1.98. The van der Waals surface area contributed by atoms with Crippen LogP contribution in [0.2, 0.25) is 0 Å². The number of nitrogens with two attached hydrogens (primary N) is 1. The summed E-state index contributed by atoms with van der Waals surface area (Å²) in [7, 11) is 0. The van der Waals surface area contributed by atoms with Crippen molar-refractivity contribution in [3.05, 3.63) is 0 Å². The average molecular weight is 174 g/mol. The van der Waals surface area contributed by atoms with Crippen molar-refractivity contribution in [2.75, 3.05) is 18.1 Å². The SMILES string of the molecule is Nc1nc(SCCCO)n[nH]1. The molecule has 0 saturated heterocycles. The first-order chi connectivity index (χ1) is 5.33. The third-order valence-electron chi connectivity index (χ3n) is 1.02. The summed E-state index contributed by atoms with van der Waals surface area (Å²) in [6, 6.07) is 0. The van der Waals surface area contributed by atoms with E-state index in [1.54, 1.807) is 0 Å². The van der Waals surface area contributed by atoms with E-state index in [0.717, 1.165) is 12.2 Å². The molecule has 1 aromatic heterocycles. The van der Waals surface area contributed by atoms with Crippen LogP contribution >= 0.6 is 11.8 Å². The van der Waals surface area contributed by atoms with Crippen molar-refractivity contribution >= 4 is 17.7 Å². The summed E-state index contributed by atoms with van der Waals surface area (Å²) in [6.45, 7) is 0.201. The van der Waals surface area contributed by atoms with Crippen molar-refractivity contribution in [1.29, 1.82) is 0 Å². The molecular formula is C5H10N4OS. The van der Waals surface area contributed by atoms with Crippen LogP contribution in [0, 0.1) is 0 Å². The maximum Gasteiger partial charge on any atom is 0.216 e. The molecule has 0 radical (unpaired) electrons. The van der Waals surface area contributed by atoms with Gasteiger partial charge in [-0.2, -0.15) is 4.98 Å². The first-order valence-corrected chi connectivity index (χ1v) is 4.23. The molecule has 0 aliphatic carbocycles. The molecule has 1 heterocycles. The normalized spacial score (nSPS) is 10.3. The standard InChI is InChI=1S/C5H10N4OS/c6-4-7-5(9-8-4)11-3-1-2-10/h10H,1-3H2,(H3,6,7,8,9). The van der Waals surface area contributed by atoms with E-state index in [9.17, 15) is 0 Å². The van der Waals surface area contributed by atoms with Gasteiger partial charge in [-0.1, -0.05) is 11.8 Å². The summed E-state index contributed by atoms with van der Waals surface area (Å²) < 4.78 is 0. The first-order valence-electron chi connectivity index (χ1n) is 3.24. The van der Waals surface area contributed by atoms with Gasteiger partial charge in [0.2, 0.25) is 11.1 Å². The smallest absolute Gasteiger partial charge is 0.216 e. The predicted octanol–water partition coefficient (Wildman–Crippen LogP) is -0.139. The van der Waals surface area contributed by atoms with Gasteiger partial charge in [0.15, 0.2) is 0 Å². The molecule has 0 amide bonds. The molecule has 0 saturated carbocycles. The minimum absolute atomic E-state index is 0.201. The summed E-state index contributed by atoms with van der Waals surface area (Å²) in [6.07, 6.45) is 0.749. The molecule has 0 atom stereocenters. The molecule has 0 aliphatic heterocycles. The van der Waals surface area contributed by atoms with Crippen LogP contribution in [-0.2, 0) is 0 Å². The molecule has 1 rings (SSSR count). The first kappa shape index (κ1) is 8.35. The topological polar surface area (TPSA) is 87.8 Å². The van der Waals surface area contributed by atoms with Crippen molar-refractivity contribution < 1.29 is 5.11 Å². The Morgan fingerprint density at radius 2 is 2.45 bits per heavy atom. The molecule has 5 nitrogen and oxygen atoms in total. The number of aliphatic hydroxyl groups is 1. The van der Waals surface area contributed by atoms with Gasteiger partial charge in [-0.15, -0.1) is 5.10 Å². The Kier molecular flexibility index (Phi) is 3.18. The van der Waals surface area contributed by atoms with Gasteiger partial charge < -0.3 is 10.8 Å². The number of nitrogen functional groups attached to an aromatic ring is 1. The average Bonchev–Trinajstić information content (AvgIpc) is 2.37. The number of aromatic nitrogens is 3. The van der Waals surface area contributed by atoms with Gasteiger partial charge in [0.05, 0.1) is 0 Å². The molecule has 0 spiro atoms. The lowest BCUT2D eigenvalue weighted by atomic mass is 10.5. The summed E-state index contributed by atoms with van der Waals surface area (Å²) in [5.41, 5.74) is 5.29. The number of aliphatic hydroxyl groups excluding tert-OH is 1. The van der Waals surface area contributed by atoms with E-state index >= 15 is 0 Å². The van der Waals surface area contributed by atoms with Crippen LogP contribution in [0.25, 0.3) is 0 Å². The van der Waals surface area contributed by atoms with Gasteiger partial charge in [-0.25, -0.2) is 5.10 Å². The molecular weight excluding hydrogens is 164 g/mol. The van der Waals surface area contributed by atoms with Crippen LogP contribution in [0.15, 0.2) is 5.16 Å². The van der Waals surface area contributed by atoms with Gasteiger partial charge in [-0.05, 0) is 6.42 Å². The molecule has 0 fully saturated rings.